The van der Waals surface area contributed by atoms with Gasteiger partial charge in [0.05, 0.1) is 17.1 Å². The number of rotatable bonds is 4. The molecule has 0 aliphatic heterocycles. The number of hydrogen-bond acceptors (Lipinski definition) is 3. The van der Waals surface area contributed by atoms with E-state index in [2.05, 4.69) is 15.3 Å². The van der Waals surface area contributed by atoms with Crippen molar-refractivity contribution in [2.75, 3.05) is 0 Å². The minimum Gasteiger partial charge on any atom is -0.456 e. The highest BCUT2D eigenvalue weighted by Gasteiger charge is 2.46. The maximum Gasteiger partial charge on any atom is 0.224 e. The van der Waals surface area contributed by atoms with Crippen LogP contribution in [0, 0.1) is 11.7 Å². The molecule has 5 nitrogen and oxygen atoms in total. The number of nitrogens with one attached hydrogen (secondary N) is 2. The van der Waals surface area contributed by atoms with Gasteiger partial charge in [-0.25, -0.2) is 9.37 Å². The maximum absolute atomic E-state index is 13.8. The molecule has 0 spiro atoms. The Balaban J connectivity index is 1.29. The van der Waals surface area contributed by atoms with Gasteiger partial charge >= 0.3 is 0 Å². The largest absolute Gasteiger partial charge is 0.456 e. The topological polar surface area (TPSA) is 70.9 Å². The fraction of sp³-hybridized carbons (Fsp3) is 0.238. The number of aromatic amines is 1. The van der Waals surface area contributed by atoms with Crippen LogP contribution in [0.4, 0.5) is 4.39 Å². The van der Waals surface area contributed by atoms with Crippen molar-refractivity contribution in [3.63, 3.8) is 0 Å². The Bertz CT molecular complexity index is 1130. The van der Waals surface area contributed by atoms with Gasteiger partial charge in [0.25, 0.3) is 0 Å². The first kappa shape index (κ1) is 16.1. The maximum atomic E-state index is 13.8. The van der Waals surface area contributed by atoms with Crippen molar-refractivity contribution in [2.45, 2.75) is 25.3 Å². The first-order chi connectivity index (χ1) is 13.1. The van der Waals surface area contributed by atoms with Crippen molar-refractivity contribution >= 4 is 27.9 Å². The molecule has 3 atom stereocenters. The molecule has 2 heterocycles. The van der Waals surface area contributed by atoms with Crippen LogP contribution in [0.25, 0.3) is 22.0 Å². The van der Waals surface area contributed by atoms with Crippen molar-refractivity contribution in [2.24, 2.45) is 5.92 Å². The monoisotopic (exact) mass is 363 g/mol. The molecule has 6 heteroatoms. The van der Waals surface area contributed by atoms with E-state index in [1.807, 2.05) is 31.2 Å². The number of imidazole rings is 1. The molecule has 136 valence electrons. The van der Waals surface area contributed by atoms with Gasteiger partial charge in [0.15, 0.2) is 11.4 Å². The lowest BCUT2D eigenvalue weighted by atomic mass is 10.2. The second kappa shape index (κ2) is 5.94. The Morgan fingerprint density at radius 1 is 1.30 bits per heavy atom. The molecule has 0 radical (unpaired) electrons. The van der Waals surface area contributed by atoms with E-state index < -0.39 is 5.82 Å². The zero-order chi connectivity index (χ0) is 18.5. The number of carbonyl (C=O) groups excluding carboxylic acids is 1. The molecular formula is C21H18FN3O2. The lowest BCUT2D eigenvalue weighted by Gasteiger charge is -2.11. The molecule has 1 fully saturated rings. The molecule has 1 aliphatic rings. The van der Waals surface area contributed by atoms with Crippen molar-refractivity contribution in [3.05, 3.63) is 65.9 Å². The number of H-pyrrole nitrogens is 1. The van der Waals surface area contributed by atoms with Gasteiger partial charge in [-0.3, -0.25) is 4.79 Å². The Labute approximate surface area is 154 Å². The van der Waals surface area contributed by atoms with Crippen LogP contribution in [0.3, 0.4) is 0 Å². The van der Waals surface area contributed by atoms with Gasteiger partial charge in [-0.1, -0.05) is 24.3 Å². The molecule has 1 amide bonds. The van der Waals surface area contributed by atoms with E-state index >= 15 is 0 Å². The molecule has 1 aliphatic carbocycles. The van der Waals surface area contributed by atoms with Crippen molar-refractivity contribution in [1.29, 1.82) is 0 Å². The summed E-state index contributed by atoms with van der Waals surface area (Å²) in [6.45, 7) is 1.84. The number of furan rings is 1. The molecule has 1 unspecified atom stereocenters. The van der Waals surface area contributed by atoms with Gasteiger partial charge in [0.1, 0.15) is 11.6 Å². The average molecular weight is 363 g/mol. The summed E-state index contributed by atoms with van der Waals surface area (Å²) in [5, 5.41) is 3.67. The van der Waals surface area contributed by atoms with Crippen LogP contribution < -0.4 is 5.32 Å². The number of para-hydroxylation sites is 3. The minimum absolute atomic E-state index is 0.0334. The number of aromatic nitrogens is 2. The van der Waals surface area contributed by atoms with Crippen LogP contribution in [-0.2, 0) is 4.79 Å². The summed E-state index contributed by atoms with van der Waals surface area (Å²) in [6, 6.07) is 14.1. The molecule has 0 saturated heterocycles. The molecule has 2 aromatic carbocycles. The van der Waals surface area contributed by atoms with Crippen molar-refractivity contribution in [1.82, 2.24) is 15.3 Å². The summed E-state index contributed by atoms with van der Waals surface area (Å²) in [5.41, 5.74) is 2.12. The van der Waals surface area contributed by atoms with Crippen molar-refractivity contribution < 1.29 is 13.6 Å². The van der Waals surface area contributed by atoms with Crippen LogP contribution >= 0.6 is 0 Å². The van der Waals surface area contributed by atoms with Gasteiger partial charge in [-0.15, -0.1) is 0 Å². The quantitative estimate of drug-likeness (QED) is 0.563. The zero-order valence-electron chi connectivity index (χ0n) is 14.7. The highest BCUT2D eigenvalue weighted by molar-refractivity contribution is 5.84. The fourth-order valence-electron chi connectivity index (χ4n) is 3.59. The van der Waals surface area contributed by atoms with Gasteiger partial charge < -0.3 is 14.7 Å². The lowest BCUT2D eigenvalue weighted by Crippen LogP contribution is -2.28. The number of hydrogen-bond donors (Lipinski definition) is 2. The molecule has 5 rings (SSSR count). The van der Waals surface area contributed by atoms with Crippen LogP contribution in [0.1, 0.15) is 36.9 Å². The van der Waals surface area contributed by atoms with Gasteiger partial charge in [-0.2, -0.15) is 0 Å². The number of benzene rings is 2. The van der Waals surface area contributed by atoms with Gasteiger partial charge in [0.2, 0.25) is 5.91 Å². The standard InChI is InChI=1S/C21H18FN3O2/c1-11(18-9-12-5-4-6-15(22)19(12)27-18)23-21(26)14-10-13(14)20-24-16-7-2-3-8-17(16)25-20/h2-9,11,13-14H,10H2,1H3,(H,23,26)(H,24,25)/t11?,13-,14-/m0/s1. The number of carbonyl (C=O) groups is 1. The predicted octanol–water partition coefficient (Wildman–Crippen LogP) is 4.43. The summed E-state index contributed by atoms with van der Waals surface area (Å²) < 4.78 is 19.4. The zero-order valence-corrected chi connectivity index (χ0v) is 14.7. The van der Waals surface area contributed by atoms with E-state index in [1.54, 1.807) is 18.2 Å². The SMILES string of the molecule is CC(NC(=O)[C@H]1C[C@@H]1c1nc2ccccc2[nH]1)c1cc2cccc(F)c2o1. The van der Waals surface area contributed by atoms with E-state index in [4.69, 9.17) is 4.42 Å². The third kappa shape index (κ3) is 2.77. The van der Waals surface area contributed by atoms with Crippen LogP contribution in [0.5, 0.6) is 0 Å². The van der Waals surface area contributed by atoms with Crippen LogP contribution in [0.2, 0.25) is 0 Å². The Morgan fingerprint density at radius 3 is 2.96 bits per heavy atom. The number of fused-ring (bicyclic) bond motifs is 2. The summed E-state index contributed by atoms with van der Waals surface area (Å²) >= 11 is 0. The Hall–Kier alpha value is -3.15. The van der Waals surface area contributed by atoms with Gasteiger partial charge in [0, 0.05) is 17.2 Å². The average Bonchev–Trinajstić information content (AvgIpc) is 3.14. The Morgan fingerprint density at radius 2 is 2.15 bits per heavy atom. The molecule has 2 aromatic heterocycles. The second-order valence-corrected chi connectivity index (χ2v) is 7.13. The summed E-state index contributed by atoms with van der Waals surface area (Å²) in [4.78, 5) is 20.5. The van der Waals surface area contributed by atoms with E-state index in [0.717, 1.165) is 23.3 Å². The van der Waals surface area contributed by atoms with Gasteiger partial charge in [-0.05, 0) is 37.6 Å². The minimum atomic E-state index is -0.399. The summed E-state index contributed by atoms with van der Waals surface area (Å²) in [6.07, 6.45) is 0.771. The highest BCUT2D eigenvalue weighted by atomic mass is 19.1. The molecule has 1 saturated carbocycles. The molecule has 2 N–H and O–H groups in total. The molecule has 0 bridgehead atoms. The van der Waals surface area contributed by atoms with E-state index in [1.165, 1.54) is 6.07 Å². The van der Waals surface area contributed by atoms with Crippen LogP contribution in [-0.4, -0.2) is 15.9 Å². The van der Waals surface area contributed by atoms with E-state index in [-0.39, 0.29) is 29.4 Å². The van der Waals surface area contributed by atoms with E-state index in [9.17, 15) is 9.18 Å². The predicted molar refractivity (Wildman–Crippen MR) is 99.7 cm³/mol. The first-order valence-electron chi connectivity index (χ1n) is 9.03. The number of nitrogens with zero attached hydrogens (tertiary/aromatic N) is 1. The molecule has 4 aromatic rings. The smallest absolute Gasteiger partial charge is 0.224 e. The van der Waals surface area contributed by atoms with Crippen LogP contribution in [0.15, 0.2) is 52.9 Å². The fourth-order valence-corrected chi connectivity index (χ4v) is 3.59. The third-order valence-electron chi connectivity index (χ3n) is 5.19. The summed E-state index contributed by atoms with van der Waals surface area (Å²) in [5.74, 6) is 0.976. The molecule has 27 heavy (non-hydrogen) atoms. The van der Waals surface area contributed by atoms with Crippen molar-refractivity contribution in [3.8, 4) is 0 Å². The second-order valence-electron chi connectivity index (χ2n) is 7.13. The lowest BCUT2D eigenvalue weighted by molar-refractivity contribution is -0.123. The molecular weight excluding hydrogens is 345 g/mol. The van der Waals surface area contributed by atoms with E-state index in [0.29, 0.717) is 11.1 Å². The third-order valence-corrected chi connectivity index (χ3v) is 5.19. The normalized spacial score (nSPS) is 20.1. The number of halogens is 1. The summed E-state index contributed by atoms with van der Waals surface area (Å²) in [7, 11) is 0. The Kier molecular flexibility index (Phi) is 3.53. The first-order valence-corrected chi connectivity index (χ1v) is 9.03. The highest BCUT2D eigenvalue weighted by Crippen LogP contribution is 2.47. The number of amides is 1.